The Bertz CT molecular complexity index is 173. The summed E-state index contributed by atoms with van der Waals surface area (Å²) in [5.74, 6) is 1.16. The van der Waals surface area contributed by atoms with Gasteiger partial charge in [-0.05, 0) is 12.8 Å². The molecule has 0 amide bonds. The first-order chi connectivity index (χ1) is 7.22. The van der Waals surface area contributed by atoms with Crippen molar-refractivity contribution in [3.05, 3.63) is 0 Å². The zero-order valence-electron chi connectivity index (χ0n) is 9.38. The molecule has 0 bridgehead atoms. The van der Waals surface area contributed by atoms with Crippen LogP contribution in [0.2, 0.25) is 0 Å². The molecule has 1 N–H and O–H groups in total. The first kappa shape index (κ1) is 17.9. The van der Waals surface area contributed by atoms with Gasteiger partial charge in [-0.15, -0.1) is 0 Å². The summed E-state index contributed by atoms with van der Waals surface area (Å²) in [5, 5.41) is 3.24. The average molecular weight is 285 g/mol. The molecule has 0 heterocycles. The number of hydrogen-bond acceptors (Lipinski definition) is 4. The van der Waals surface area contributed by atoms with Crippen LogP contribution in [0, 0.1) is 0 Å². The Morgan fingerprint density at radius 1 is 1.27 bits per heavy atom. The van der Waals surface area contributed by atoms with Crippen LogP contribution in [0.15, 0.2) is 0 Å². The van der Waals surface area contributed by atoms with Crippen LogP contribution in [0.1, 0.15) is 39.5 Å². The van der Waals surface area contributed by atoms with Gasteiger partial charge in [-0.2, -0.15) is 0 Å². The van der Waals surface area contributed by atoms with E-state index in [9.17, 15) is 0 Å². The number of thioether (sulfide) groups is 1. The molecule has 0 aromatic heterocycles. The average Bonchev–Trinajstić information content (AvgIpc) is 2.20. The first-order valence-electron chi connectivity index (χ1n) is 5.12. The van der Waals surface area contributed by atoms with Crippen molar-refractivity contribution in [1.29, 1.82) is 0 Å². The Labute approximate surface area is 111 Å². The fraction of sp³-hybridized carbons (Fsp3) is 0.889. The summed E-state index contributed by atoms with van der Waals surface area (Å²) in [4.78, 5) is 0. The van der Waals surface area contributed by atoms with E-state index in [1.165, 1.54) is 25.7 Å². The van der Waals surface area contributed by atoms with Crippen molar-refractivity contribution in [2.45, 2.75) is 39.5 Å². The van der Waals surface area contributed by atoms with Gasteiger partial charge < -0.3 is 5.32 Å². The SMILES string of the molecule is CCCCNC(=S)SCCCC.[O]=[Ti]=[O]. The predicted octanol–water partition coefficient (Wildman–Crippen LogP) is 2.95. The monoisotopic (exact) mass is 285 g/mol. The molecule has 0 rings (SSSR count). The van der Waals surface area contributed by atoms with Crippen molar-refractivity contribution in [2.75, 3.05) is 12.3 Å². The normalized spacial score (nSPS) is 8.40. The van der Waals surface area contributed by atoms with Crippen LogP contribution in [0.5, 0.6) is 0 Å². The molecular formula is C9H19NO2S2Ti. The van der Waals surface area contributed by atoms with Crippen molar-refractivity contribution in [2.24, 2.45) is 0 Å². The van der Waals surface area contributed by atoms with Crippen LogP contribution in [-0.2, 0) is 25.7 Å². The van der Waals surface area contributed by atoms with E-state index >= 15 is 0 Å². The van der Waals surface area contributed by atoms with Gasteiger partial charge in [-0.3, -0.25) is 0 Å². The molecule has 0 aliphatic heterocycles. The van der Waals surface area contributed by atoms with E-state index in [4.69, 9.17) is 18.9 Å². The third kappa shape index (κ3) is 20.6. The van der Waals surface area contributed by atoms with E-state index in [0.29, 0.717) is 0 Å². The Balaban J connectivity index is 0. The summed E-state index contributed by atoms with van der Waals surface area (Å²) in [5.41, 5.74) is 0. The second-order valence-electron chi connectivity index (χ2n) is 2.85. The van der Waals surface area contributed by atoms with E-state index in [2.05, 4.69) is 19.2 Å². The van der Waals surface area contributed by atoms with Crippen molar-refractivity contribution in [3.63, 3.8) is 0 Å². The quantitative estimate of drug-likeness (QED) is 0.462. The summed E-state index contributed by atoms with van der Waals surface area (Å²) in [6.45, 7) is 5.43. The molecule has 6 heteroatoms. The van der Waals surface area contributed by atoms with E-state index in [0.717, 1.165) is 16.6 Å². The van der Waals surface area contributed by atoms with Crippen LogP contribution >= 0.6 is 24.0 Å². The Morgan fingerprint density at radius 2 is 1.80 bits per heavy atom. The number of rotatable bonds is 6. The molecule has 0 aromatic carbocycles. The zero-order chi connectivity index (χ0) is 11.9. The number of unbranched alkanes of at least 4 members (excludes halogenated alkanes) is 2. The Morgan fingerprint density at radius 3 is 2.27 bits per heavy atom. The van der Waals surface area contributed by atoms with E-state index in [1.54, 1.807) is 11.8 Å². The fourth-order valence-electron chi connectivity index (χ4n) is 0.727. The molecule has 0 fully saturated rings. The molecule has 0 saturated carbocycles. The summed E-state index contributed by atoms with van der Waals surface area (Å²) in [7, 11) is 0. The molecule has 0 unspecified atom stereocenters. The van der Waals surface area contributed by atoms with Crippen molar-refractivity contribution >= 4 is 28.3 Å². The summed E-state index contributed by atoms with van der Waals surface area (Å²) in [6, 6.07) is 0. The third-order valence-electron chi connectivity index (χ3n) is 1.53. The summed E-state index contributed by atoms with van der Waals surface area (Å²) in [6.07, 6.45) is 4.97. The molecule has 0 atom stereocenters. The minimum absolute atomic E-state index is 0.969. The van der Waals surface area contributed by atoms with Crippen LogP contribution in [0.4, 0.5) is 0 Å². The molecule has 15 heavy (non-hydrogen) atoms. The van der Waals surface area contributed by atoms with Crippen molar-refractivity contribution < 1.29 is 25.7 Å². The van der Waals surface area contributed by atoms with Gasteiger partial charge in [0.05, 0.1) is 0 Å². The molecule has 0 aromatic rings. The molecule has 0 radical (unpaired) electrons. The predicted molar refractivity (Wildman–Crippen MR) is 64.2 cm³/mol. The van der Waals surface area contributed by atoms with Gasteiger partial charge in [-0.1, -0.05) is 50.7 Å². The number of thiocarbonyl (C=S) groups is 1. The Kier molecular flexibility index (Phi) is 20.3. The molecule has 88 valence electrons. The first-order valence-corrected chi connectivity index (χ1v) is 7.79. The van der Waals surface area contributed by atoms with Crippen molar-refractivity contribution in [1.82, 2.24) is 5.32 Å². The summed E-state index contributed by atoms with van der Waals surface area (Å²) < 4.78 is 18.0. The molecule has 0 aliphatic carbocycles. The molecule has 3 nitrogen and oxygen atoms in total. The van der Waals surface area contributed by atoms with Gasteiger partial charge in [-0.25, -0.2) is 0 Å². The Hall–Kier alpha value is 0.554. The van der Waals surface area contributed by atoms with Crippen LogP contribution in [-0.4, -0.2) is 16.6 Å². The zero-order valence-corrected chi connectivity index (χ0v) is 12.6. The van der Waals surface area contributed by atoms with Gasteiger partial charge in [0.25, 0.3) is 0 Å². The summed E-state index contributed by atoms with van der Waals surface area (Å²) >= 11 is 4.90. The maximum atomic E-state index is 8.50. The number of hydrogen-bond donors (Lipinski definition) is 1. The van der Waals surface area contributed by atoms with Gasteiger partial charge >= 0.3 is 25.7 Å². The molecule has 0 spiro atoms. The van der Waals surface area contributed by atoms with E-state index < -0.39 is 19.1 Å². The maximum absolute atomic E-state index is 8.50. The van der Waals surface area contributed by atoms with Crippen LogP contribution in [0.25, 0.3) is 0 Å². The van der Waals surface area contributed by atoms with Gasteiger partial charge in [0.2, 0.25) is 0 Å². The van der Waals surface area contributed by atoms with Gasteiger partial charge in [0.1, 0.15) is 4.32 Å². The molecule has 0 saturated heterocycles. The van der Waals surface area contributed by atoms with Gasteiger partial charge in [0, 0.05) is 12.3 Å². The standard InChI is InChI=1S/C9H19NS2.2O.Ti/c1-3-5-7-10-9(11)12-8-6-4-2;;;/h3-8H2,1-2H3,(H,10,11);;;. The van der Waals surface area contributed by atoms with Gasteiger partial charge in [0.15, 0.2) is 0 Å². The van der Waals surface area contributed by atoms with Crippen LogP contribution in [0.3, 0.4) is 0 Å². The van der Waals surface area contributed by atoms with Crippen molar-refractivity contribution in [3.8, 4) is 0 Å². The topological polar surface area (TPSA) is 46.2 Å². The van der Waals surface area contributed by atoms with E-state index in [-0.39, 0.29) is 0 Å². The van der Waals surface area contributed by atoms with E-state index in [1.807, 2.05) is 0 Å². The second-order valence-corrected chi connectivity index (χ2v) is 4.89. The van der Waals surface area contributed by atoms with Crippen LogP contribution < -0.4 is 5.32 Å². The molecular weight excluding hydrogens is 266 g/mol. The third-order valence-corrected chi connectivity index (χ3v) is 2.93. The minimum atomic E-state index is -2.00. The molecule has 0 aliphatic rings. The number of nitrogens with one attached hydrogen (secondary N) is 1. The second kappa shape index (κ2) is 17.0. The fourth-order valence-corrected chi connectivity index (χ4v) is 1.90.